The minimum atomic E-state index is -0.146. The fourth-order valence-corrected chi connectivity index (χ4v) is 2.50. The third kappa shape index (κ3) is 2.99. The van der Waals surface area contributed by atoms with Crippen LogP contribution in [-0.2, 0) is 0 Å². The number of nitrogen functional groups attached to an aromatic ring is 1. The van der Waals surface area contributed by atoms with Crippen LogP contribution in [-0.4, -0.2) is 16.3 Å². The van der Waals surface area contributed by atoms with Crippen molar-refractivity contribution in [3.8, 4) is 11.3 Å². The maximum absolute atomic E-state index is 12.1. The van der Waals surface area contributed by atoms with Crippen LogP contribution in [0.15, 0.2) is 24.3 Å². The first-order valence-electron chi connectivity index (χ1n) is 6.66. The molecule has 4 nitrogen and oxygen atoms in total. The van der Waals surface area contributed by atoms with Crippen molar-refractivity contribution in [3.63, 3.8) is 0 Å². The van der Waals surface area contributed by atoms with Crippen LogP contribution in [0.4, 0.5) is 5.69 Å². The summed E-state index contributed by atoms with van der Waals surface area (Å²) in [6.07, 6.45) is 0.884. The quantitative estimate of drug-likeness (QED) is 0.908. The molecule has 106 valence electrons. The number of aryl methyl sites for hydroxylation is 1. The van der Waals surface area contributed by atoms with E-state index in [1.807, 2.05) is 45.0 Å². The normalized spacial score (nSPS) is 12.2. The van der Waals surface area contributed by atoms with Crippen molar-refractivity contribution in [2.75, 3.05) is 5.73 Å². The number of amides is 1. The molecule has 0 fully saturated rings. The van der Waals surface area contributed by atoms with Crippen LogP contribution >= 0.6 is 11.5 Å². The van der Waals surface area contributed by atoms with E-state index in [1.54, 1.807) is 0 Å². The molecule has 0 saturated carbocycles. The number of nitrogens with two attached hydrogens (primary N) is 1. The van der Waals surface area contributed by atoms with Gasteiger partial charge >= 0.3 is 0 Å². The molecule has 1 heterocycles. The highest BCUT2D eigenvalue weighted by atomic mass is 32.1. The molecule has 0 spiro atoms. The first-order valence-corrected chi connectivity index (χ1v) is 7.43. The predicted octanol–water partition coefficient (Wildman–Crippen LogP) is 3.23. The zero-order valence-electron chi connectivity index (χ0n) is 11.9. The van der Waals surface area contributed by atoms with Crippen molar-refractivity contribution in [2.24, 2.45) is 0 Å². The van der Waals surface area contributed by atoms with Crippen molar-refractivity contribution >= 4 is 23.1 Å². The molecule has 2 aromatic rings. The minimum absolute atomic E-state index is 0.131. The van der Waals surface area contributed by atoms with Crippen molar-refractivity contribution in [2.45, 2.75) is 33.2 Å². The maximum atomic E-state index is 12.1. The molecule has 20 heavy (non-hydrogen) atoms. The smallest absolute Gasteiger partial charge is 0.265 e. The van der Waals surface area contributed by atoms with Crippen molar-refractivity contribution in [3.05, 3.63) is 34.7 Å². The van der Waals surface area contributed by atoms with Gasteiger partial charge in [-0.25, -0.2) is 0 Å². The average molecular weight is 289 g/mol. The topological polar surface area (TPSA) is 68.0 Å². The molecule has 1 atom stereocenters. The molecule has 1 aromatic carbocycles. The van der Waals surface area contributed by atoms with E-state index >= 15 is 0 Å². The summed E-state index contributed by atoms with van der Waals surface area (Å²) in [5.74, 6) is -0.146. The molecule has 1 aromatic heterocycles. The van der Waals surface area contributed by atoms with E-state index in [2.05, 4.69) is 9.69 Å². The van der Waals surface area contributed by atoms with Gasteiger partial charge < -0.3 is 11.1 Å². The Morgan fingerprint density at radius 3 is 2.65 bits per heavy atom. The number of benzene rings is 1. The summed E-state index contributed by atoms with van der Waals surface area (Å²) in [5.41, 5.74) is 9.34. The van der Waals surface area contributed by atoms with Gasteiger partial charge in [0.25, 0.3) is 5.91 Å². The van der Waals surface area contributed by atoms with Crippen LogP contribution in [0.25, 0.3) is 11.3 Å². The Bertz CT molecular complexity index is 604. The Hall–Kier alpha value is -1.88. The molecule has 0 aliphatic heterocycles. The summed E-state index contributed by atoms with van der Waals surface area (Å²) < 4.78 is 4.33. The SMILES string of the molecule is CCC(C)NC(=O)c1snc(-c2ccc(C)cc2)c1N. The molecular weight excluding hydrogens is 270 g/mol. The summed E-state index contributed by atoms with van der Waals surface area (Å²) in [6.45, 7) is 6.02. The zero-order valence-corrected chi connectivity index (χ0v) is 12.8. The second-order valence-electron chi connectivity index (χ2n) is 4.92. The highest BCUT2D eigenvalue weighted by Crippen LogP contribution is 2.30. The number of carbonyl (C=O) groups excluding carboxylic acids is 1. The fraction of sp³-hybridized carbons (Fsp3) is 0.333. The Morgan fingerprint density at radius 1 is 1.40 bits per heavy atom. The van der Waals surface area contributed by atoms with Gasteiger partial charge in [0.1, 0.15) is 10.6 Å². The molecule has 1 amide bonds. The van der Waals surface area contributed by atoms with E-state index in [4.69, 9.17) is 5.73 Å². The van der Waals surface area contributed by atoms with Crippen molar-refractivity contribution < 1.29 is 4.79 Å². The summed E-state index contributed by atoms with van der Waals surface area (Å²) in [6, 6.07) is 8.08. The highest BCUT2D eigenvalue weighted by Gasteiger charge is 2.19. The number of rotatable bonds is 4. The molecule has 0 aliphatic rings. The Morgan fingerprint density at radius 2 is 2.05 bits per heavy atom. The van der Waals surface area contributed by atoms with E-state index in [0.717, 1.165) is 23.5 Å². The second-order valence-corrected chi connectivity index (χ2v) is 5.70. The Balaban J connectivity index is 2.27. The lowest BCUT2D eigenvalue weighted by molar-refractivity contribution is 0.0944. The predicted molar refractivity (Wildman–Crippen MR) is 83.9 cm³/mol. The van der Waals surface area contributed by atoms with Crippen molar-refractivity contribution in [1.29, 1.82) is 0 Å². The van der Waals surface area contributed by atoms with E-state index < -0.39 is 0 Å². The van der Waals surface area contributed by atoms with Gasteiger partial charge in [0.15, 0.2) is 0 Å². The van der Waals surface area contributed by atoms with Crippen LogP contribution in [0.2, 0.25) is 0 Å². The van der Waals surface area contributed by atoms with E-state index in [1.165, 1.54) is 5.56 Å². The van der Waals surface area contributed by atoms with Gasteiger partial charge in [-0.2, -0.15) is 4.37 Å². The third-order valence-corrected chi connectivity index (χ3v) is 4.11. The van der Waals surface area contributed by atoms with Crippen molar-refractivity contribution in [1.82, 2.24) is 9.69 Å². The lowest BCUT2D eigenvalue weighted by Crippen LogP contribution is -2.31. The number of hydrogen-bond donors (Lipinski definition) is 2. The number of hydrogen-bond acceptors (Lipinski definition) is 4. The van der Waals surface area contributed by atoms with Gasteiger partial charge in [0.05, 0.1) is 5.69 Å². The van der Waals surface area contributed by atoms with E-state index in [0.29, 0.717) is 16.3 Å². The summed E-state index contributed by atoms with van der Waals surface area (Å²) in [4.78, 5) is 12.6. The van der Waals surface area contributed by atoms with Gasteiger partial charge in [-0.15, -0.1) is 0 Å². The second kappa shape index (κ2) is 6.05. The first-order chi connectivity index (χ1) is 9.52. The zero-order chi connectivity index (χ0) is 14.7. The highest BCUT2D eigenvalue weighted by molar-refractivity contribution is 7.09. The lowest BCUT2D eigenvalue weighted by atomic mass is 10.1. The summed E-state index contributed by atoms with van der Waals surface area (Å²) in [5, 5.41) is 2.91. The van der Waals surface area contributed by atoms with E-state index in [9.17, 15) is 4.79 Å². The Kier molecular flexibility index (Phi) is 4.39. The Labute approximate surface area is 123 Å². The van der Waals surface area contributed by atoms with Gasteiger partial charge in [0, 0.05) is 11.6 Å². The summed E-state index contributed by atoms with van der Waals surface area (Å²) >= 11 is 1.15. The number of nitrogens with one attached hydrogen (secondary N) is 1. The van der Waals surface area contributed by atoms with Crippen LogP contribution in [0, 0.1) is 6.92 Å². The molecule has 2 rings (SSSR count). The molecule has 0 radical (unpaired) electrons. The molecule has 3 N–H and O–H groups in total. The molecule has 5 heteroatoms. The monoisotopic (exact) mass is 289 g/mol. The van der Waals surface area contributed by atoms with Crippen LogP contribution in [0.3, 0.4) is 0 Å². The van der Waals surface area contributed by atoms with Gasteiger partial charge in [0.2, 0.25) is 0 Å². The molecule has 0 saturated heterocycles. The molecule has 0 aliphatic carbocycles. The average Bonchev–Trinajstić information content (AvgIpc) is 2.81. The van der Waals surface area contributed by atoms with Gasteiger partial charge in [-0.3, -0.25) is 4.79 Å². The van der Waals surface area contributed by atoms with Crippen LogP contribution < -0.4 is 11.1 Å². The maximum Gasteiger partial charge on any atom is 0.265 e. The molecular formula is C15H19N3OS. The number of carbonyl (C=O) groups is 1. The number of nitrogens with zero attached hydrogens (tertiary/aromatic N) is 1. The van der Waals surface area contributed by atoms with Crippen LogP contribution in [0.1, 0.15) is 35.5 Å². The minimum Gasteiger partial charge on any atom is -0.396 e. The molecule has 0 bridgehead atoms. The van der Waals surface area contributed by atoms with Gasteiger partial charge in [-0.05, 0) is 31.8 Å². The standard InChI is InChI=1S/C15H19N3OS/c1-4-10(3)17-15(19)14-12(16)13(18-20-14)11-7-5-9(2)6-8-11/h5-8,10H,4,16H2,1-3H3,(H,17,19). The number of anilines is 1. The number of aromatic nitrogens is 1. The fourth-order valence-electron chi connectivity index (χ4n) is 1.77. The van der Waals surface area contributed by atoms with E-state index in [-0.39, 0.29) is 11.9 Å². The largest absolute Gasteiger partial charge is 0.396 e. The lowest BCUT2D eigenvalue weighted by Gasteiger charge is -2.10. The van der Waals surface area contributed by atoms with Gasteiger partial charge in [-0.1, -0.05) is 36.8 Å². The summed E-state index contributed by atoms with van der Waals surface area (Å²) in [7, 11) is 0. The molecule has 1 unspecified atom stereocenters. The van der Waals surface area contributed by atoms with Crippen LogP contribution in [0.5, 0.6) is 0 Å². The first kappa shape index (κ1) is 14.5. The third-order valence-electron chi connectivity index (χ3n) is 3.25.